The molecule has 0 atom stereocenters. The topological polar surface area (TPSA) is 75.0 Å². The maximum atomic E-state index is 12.5. The molecular formula is C21H27N3O4. The highest BCUT2D eigenvalue weighted by molar-refractivity contribution is 5.95. The minimum atomic E-state index is -0.0931. The van der Waals surface area contributed by atoms with Gasteiger partial charge in [-0.3, -0.25) is 9.59 Å². The van der Waals surface area contributed by atoms with Crippen LogP contribution in [0.2, 0.25) is 0 Å². The molecule has 1 aliphatic heterocycles. The summed E-state index contributed by atoms with van der Waals surface area (Å²) >= 11 is 0. The Morgan fingerprint density at radius 2 is 1.89 bits per heavy atom. The molecule has 28 heavy (non-hydrogen) atoms. The second-order valence-corrected chi connectivity index (χ2v) is 7.24. The molecule has 2 aromatic rings. The number of anilines is 1. The van der Waals surface area contributed by atoms with Crippen molar-refractivity contribution in [2.45, 2.75) is 12.8 Å². The van der Waals surface area contributed by atoms with Crippen LogP contribution < -0.4 is 10.1 Å². The summed E-state index contributed by atoms with van der Waals surface area (Å²) in [5.74, 6) is 0.643. The summed E-state index contributed by atoms with van der Waals surface area (Å²) in [6.45, 7) is 2.61. The van der Waals surface area contributed by atoms with Gasteiger partial charge in [0.25, 0.3) is 5.91 Å². The lowest BCUT2D eigenvalue weighted by atomic mass is 9.95. The third-order valence-corrected chi connectivity index (χ3v) is 4.85. The molecule has 2 heterocycles. The summed E-state index contributed by atoms with van der Waals surface area (Å²) in [6, 6.07) is 9.07. The van der Waals surface area contributed by atoms with E-state index >= 15 is 0 Å². The quantitative estimate of drug-likeness (QED) is 0.793. The first-order valence-corrected chi connectivity index (χ1v) is 9.53. The molecule has 7 nitrogen and oxygen atoms in total. The lowest BCUT2D eigenvalue weighted by Crippen LogP contribution is -2.41. The van der Waals surface area contributed by atoms with E-state index in [4.69, 9.17) is 9.15 Å². The van der Waals surface area contributed by atoms with Crippen LogP contribution in [0.1, 0.15) is 23.2 Å². The van der Waals surface area contributed by atoms with E-state index < -0.39 is 0 Å². The zero-order valence-electron chi connectivity index (χ0n) is 16.4. The van der Waals surface area contributed by atoms with Gasteiger partial charge in [0, 0.05) is 31.2 Å². The van der Waals surface area contributed by atoms with Gasteiger partial charge in [0.1, 0.15) is 18.6 Å². The Kier molecular flexibility index (Phi) is 6.71. The van der Waals surface area contributed by atoms with Crippen LogP contribution >= 0.6 is 0 Å². The molecule has 3 rings (SSSR count). The first-order valence-electron chi connectivity index (χ1n) is 9.53. The van der Waals surface area contributed by atoms with Gasteiger partial charge in [-0.1, -0.05) is 0 Å². The van der Waals surface area contributed by atoms with Crippen molar-refractivity contribution < 1.29 is 18.7 Å². The second-order valence-electron chi connectivity index (χ2n) is 7.24. The van der Waals surface area contributed by atoms with E-state index in [1.165, 1.54) is 12.5 Å². The van der Waals surface area contributed by atoms with Gasteiger partial charge in [-0.05, 0) is 57.3 Å². The number of hydrogen-bond acceptors (Lipinski definition) is 5. The molecule has 0 spiro atoms. The molecule has 1 aromatic carbocycles. The number of likely N-dealkylation sites (N-methyl/N-ethyl adjacent to an activating group) is 1. The van der Waals surface area contributed by atoms with E-state index in [2.05, 4.69) is 10.2 Å². The number of hydrogen-bond donors (Lipinski definition) is 1. The van der Waals surface area contributed by atoms with Crippen LogP contribution in [0.25, 0.3) is 0 Å². The first-order chi connectivity index (χ1) is 13.5. The second kappa shape index (κ2) is 9.41. The Hall–Kier alpha value is -2.80. The highest BCUT2D eigenvalue weighted by atomic mass is 16.5. The molecule has 1 aromatic heterocycles. The fraction of sp³-hybridized carbons (Fsp3) is 0.429. The van der Waals surface area contributed by atoms with Crippen LogP contribution in [0.15, 0.2) is 47.3 Å². The summed E-state index contributed by atoms with van der Waals surface area (Å²) in [7, 11) is 4.00. The van der Waals surface area contributed by atoms with E-state index in [9.17, 15) is 9.59 Å². The van der Waals surface area contributed by atoms with Crippen molar-refractivity contribution in [3.8, 4) is 5.75 Å². The molecule has 1 aliphatic rings. The highest BCUT2D eigenvalue weighted by Gasteiger charge is 2.28. The van der Waals surface area contributed by atoms with Crippen molar-refractivity contribution in [2.24, 2.45) is 5.92 Å². The number of benzene rings is 1. The highest BCUT2D eigenvalue weighted by Crippen LogP contribution is 2.22. The number of rotatable bonds is 7. The molecule has 150 valence electrons. The maximum absolute atomic E-state index is 12.5. The SMILES string of the molecule is CN(C)CCOc1ccc(NC(=O)C2CCN(C(=O)c3ccoc3)CC2)cc1. The third-order valence-electron chi connectivity index (χ3n) is 4.85. The number of carbonyl (C=O) groups is 2. The van der Waals surface area contributed by atoms with E-state index in [1.807, 2.05) is 38.4 Å². The predicted octanol–water partition coefficient (Wildman–Crippen LogP) is 2.71. The summed E-state index contributed by atoms with van der Waals surface area (Å²) in [4.78, 5) is 28.7. The number of ether oxygens (including phenoxy) is 1. The zero-order valence-corrected chi connectivity index (χ0v) is 16.4. The molecule has 2 amide bonds. The largest absolute Gasteiger partial charge is 0.492 e. The van der Waals surface area contributed by atoms with Crippen LogP contribution in [-0.2, 0) is 4.79 Å². The van der Waals surface area contributed by atoms with Crippen molar-refractivity contribution in [2.75, 3.05) is 45.7 Å². The Balaban J connectivity index is 1.44. The normalized spacial score (nSPS) is 14.9. The van der Waals surface area contributed by atoms with Gasteiger partial charge < -0.3 is 24.3 Å². The first kappa shape index (κ1) is 19.9. The third kappa shape index (κ3) is 5.36. The summed E-state index contributed by atoms with van der Waals surface area (Å²) in [6.07, 6.45) is 4.25. The molecule has 0 radical (unpaired) electrons. The van der Waals surface area contributed by atoms with Crippen LogP contribution in [0.3, 0.4) is 0 Å². The molecule has 0 unspecified atom stereocenters. The van der Waals surface area contributed by atoms with Crippen molar-refractivity contribution in [3.63, 3.8) is 0 Å². The Labute approximate surface area is 165 Å². The minimum Gasteiger partial charge on any atom is -0.492 e. The zero-order chi connectivity index (χ0) is 19.9. The number of nitrogens with zero attached hydrogens (tertiary/aromatic N) is 2. The van der Waals surface area contributed by atoms with E-state index in [0.717, 1.165) is 18.0 Å². The molecule has 1 saturated heterocycles. The number of furan rings is 1. The van der Waals surface area contributed by atoms with E-state index in [-0.39, 0.29) is 17.7 Å². The van der Waals surface area contributed by atoms with Gasteiger partial charge in [0.05, 0.1) is 11.8 Å². The lowest BCUT2D eigenvalue weighted by Gasteiger charge is -2.31. The molecule has 1 fully saturated rings. The minimum absolute atomic E-state index is 0.00307. The number of piperidine rings is 1. The van der Waals surface area contributed by atoms with Gasteiger partial charge in [-0.15, -0.1) is 0 Å². The Morgan fingerprint density at radius 1 is 1.18 bits per heavy atom. The van der Waals surface area contributed by atoms with Crippen LogP contribution in [0.4, 0.5) is 5.69 Å². The van der Waals surface area contributed by atoms with Crippen LogP contribution in [0.5, 0.6) is 5.75 Å². The monoisotopic (exact) mass is 385 g/mol. The Morgan fingerprint density at radius 3 is 2.50 bits per heavy atom. The van der Waals surface area contributed by atoms with Crippen molar-refractivity contribution in [1.29, 1.82) is 0 Å². The number of nitrogens with one attached hydrogen (secondary N) is 1. The van der Waals surface area contributed by atoms with Crippen LogP contribution in [0, 0.1) is 5.92 Å². The van der Waals surface area contributed by atoms with Gasteiger partial charge in [-0.25, -0.2) is 0 Å². The average Bonchev–Trinajstić information content (AvgIpc) is 3.23. The van der Waals surface area contributed by atoms with Crippen molar-refractivity contribution in [3.05, 3.63) is 48.4 Å². The van der Waals surface area contributed by atoms with E-state index in [1.54, 1.807) is 11.0 Å². The fourth-order valence-corrected chi connectivity index (χ4v) is 3.14. The Bertz CT molecular complexity index is 763. The fourth-order valence-electron chi connectivity index (χ4n) is 3.14. The van der Waals surface area contributed by atoms with Crippen molar-refractivity contribution in [1.82, 2.24) is 9.80 Å². The summed E-state index contributed by atoms with van der Waals surface area (Å²) < 4.78 is 10.6. The van der Waals surface area contributed by atoms with Gasteiger partial charge >= 0.3 is 0 Å². The van der Waals surface area contributed by atoms with Gasteiger partial charge in [-0.2, -0.15) is 0 Å². The number of likely N-dealkylation sites (tertiary alicyclic amines) is 1. The standard InChI is InChI=1S/C21H27N3O4/c1-23(2)12-14-28-19-5-3-18(4-6-19)22-20(25)16-7-10-24(11-8-16)21(26)17-9-13-27-15-17/h3-6,9,13,15-16H,7-8,10-12,14H2,1-2H3,(H,22,25). The smallest absolute Gasteiger partial charge is 0.257 e. The number of amides is 2. The summed E-state index contributed by atoms with van der Waals surface area (Å²) in [5, 5.41) is 2.96. The number of carbonyl (C=O) groups excluding carboxylic acids is 2. The predicted molar refractivity (Wildman–Crippen MR) is 106 cm³/mol. The van der Waals surface area contributed by atoms with Crippen LogP contribution in [-0.4, -0.2) is 62.0 Å². The van der Waals surface area contributed by atoms with Gasteiger partial charge in [0.2, 0.25) is 5.91 Å². The molecule has 0 bridgehead atoms. The summed E-state index contributed by atoms with van der Waals surface area (Å²) in [5.41, 5.74) is 1.30. The lowest BCUT2D eigenvalue weighted by molar-refractivity contribution is -0.121. The molecule has 0 saturated carbocycles. The molecule has 1 N–H and O–H groups in total. The van der Waals surface area contributed by atoms with Crippen molar-refractivity contribution >= 4 is 17.5 Å². The molecule has 0 aliphatic carbocycles. The average molecular weight is 385 g/mol. The molecular weight excluding hydrogens is 358 g/mol. The maximum Gasteiger partial charge on any atom is 0.257 e. The van der Waals surface area contributed by atoms with Gasteiger partial charge in [0.15, 0.2) is 0 Å². The van der Waals surface area contributed by atoms with E-state index in [0.29, 0.717) is 38.1 Å². The molecule has 7 heteroatoms.